The van der Waals surface area contributed by atoms with Crippen molar-refractivity contribution in [3.05, 3.63) is 29.3 Å². The fourth-order valence-corrected chi connectivity index (χ4v) is 3.35. The molecule has 0 amide bonds. The Bertz CT molecular complexity index is 415. The summed E-state index contributed by atoms with van der Waals surface area (Å²) in [6.07, 6.45) is -3.53. The number of benzene rings is 1. The molecule has 0 bridgehead atoms. The van der Waals surface area contributed by atoms with E-state index in [0.717, 1.165) is 28.7 Å². The predicted molar refractivity (Wildman–Crippen MR) is 63.2 cm³/mol. The lowest BCUT2D eigenvalue weighted by Gasteiger charge is -2.15. The van der Waals surface area contributed by atoms with Gasteiger partial charge >= 0.3 is 6.18 Å². The monoisotopic (exact) mass is 261 g/mol. The molecule has 2 atom stereocenters. The van der Waals surface area contributed by atoms with Crippen LogP contribution in [0.25, 0.3) is 0 Å². The lowest BCUT2D eigenvalue weighted by atomic mass is 9.93. The molecular formula is C12H14F3NS. The van der Waals surface area contributed by atoms with Crippen molar-refractivity contribution in [2.45, 2.75) is 36.4 Å². The minimum absolute atomic E-state index is 0.0149. The maximum atomic E-state index is 12.6. The molecule has 1 aromatic rings. The Kier molecular flexibility index (Phi) is 3.41. The highest BCUT2D eigenvalue weighted by atomic mass is 32.2. The Morgan fingerprint density at radius 3 is 2.76 bits per heavy atom. The molecule has 2 unspecified atom stereocenters. The second-order valence-electron chi connectivity index (χ2n) is 4.47. The number of alkyl halides is 3. The van der Waals surface area contributed by atoms with Gasteiger partial charge in [-0.1, -0.05) is 0 Å². The van der Waals surface area contributed by atoms with Crippen molar-refractivity contribution in [3.63, 3.8) is 0 Å². The van der Waals surface area contributed by atoms with Crippen LogP contribution in [0.2, 0.25) is 0 Å². The normalized spacial score (nSPS) is 21.4. The second-order valence-corrected chi connectivity index (χ2v) is 5.53. The lowest BCUT2D eigenvalue weighted by molar-refractivity contribution is -0.137. The first kappa shape index (κ1) is 12.8. The summed E-state index contributed by atoms with van der Waals surface area (Å²) in [5.41, 5.74) is 5.97. The summed E-state index contributed by atoms with van der Waals surface area (Å²) in [7, 11) is 0. The van der Waals surface area contributed by atoms with E-state index in [1.807, 2.05) is 6.92 Å². The molecule has 2 rings (SSSR count). The molecule has 0 aliphatic carbocycles. The third kappa shape index (κ3) is 2.77. The van der Waals surface area contributed by atoms with Gasteiger partial charge in [-0.25, -0.2) is 0 Å². The van der Waals surface area contributed by atoms with Gasteiger partial charge in [0, 0.05) is 16.7 Å². The van der Waals surface area contributed by atoms with Crippen LogP contribution in [-0.2, 0) is 6.18 Å². The van der Waals surface area contributed by atoms with E-state index in [-0.39, 0.29) is 12.0 Å². The van der Waals surface area contributed by atoms with Gasteiger partial charge in [0.1, 0.15) is 0 Å². The van der Waals surface area contributed by atoms with Crippen molar-refractivity contribution in [1.29, 1.82) is 0 Å². The highest BCUT2D eigenvalue weighted by molar-refractivity contribution is 7.99. The van der Waals surface area contributed by atoms with E-state index in [0.29, 0.717) is 0 Å². The summed E-state index contributed by atoms with van der Waals surface area (Å²) in [5.74, 6) is 0.982. The molecule has 0 fully saturated rings. The van der Waals surface area contributed by atoms with Crippen LogP contribution < -0.4 is 5.73 Å². The number of fused-ring (bicyclic) bond motifs is 1. The van der Waals surface area contributed by atoms with Gasteiger partial charge in [-0.3, -0.25) is 0 Å². The van der Waals surface area contributed by atoms with Crippen molar-refractivity contribution in [3.8, 4) is 0 Å². The van der Waals surface area contributed by atoms with Gasteiger partial charge in [-0.15, -0.1) is 11.8 Å². The van der Waals surface area contributed by atoms with Gasteiger partial charge in [-0.2, -0.15) is 13.2 Å². The fraction of sp³-hybridized carbons (Fsp3) is 0.500. The molecule has 0 saturated carbocycles. The van der Waals surface area contributed by atoms with E-state index in [4.69, 9.17) is 5.73 Å². The Hall–Kier alpha value is -0.680. The van der Waals surface area contributed by atoms with Gasteiger partial charge in [-0.05, 0) is 43.0 Å². The van der Waals surface area contributed by atoms with Crippen LogP contribution in [0.5, 0.6) is 0 Å². The summed E-state index contributed by atoms with van der Waals surface area (Å²) in [6.45, 7) is 1.89. The van der Waals surface area contributed by atoms with Crippen molar-refractivity contribution in [1.82, 2.24) is 0 Å². The Morgan fingerprint density at radius 2 is 2.18 bits per heavy atom. The van der Waals surface area contributed by atoms with Gasteiger partial charge < -0.3 is 5.73 Å². The molecule has 0 saturated heterocycles. The van der Waals surface area contributed by atoms with E-state index in [1.54, 1.807) is 17.8 Å². The summed E-state index contributed by atoms with van der Waals surface area (Å²) < 4.78 is 37.8. The highest BCUT2D eigenvalue weighted by Gasteiger charge is 2.33. The molecule has 94 valence electrons. The number of halogens is 3. The molecule has 1 heterocycles. The lowest BCUT2D eigenvalue weighted by Crippen LogP contribution is -2.18. The van der Waals surface area contributed by atoms with E-state index in [1.165, 1.54) is 6.07 Å². The molecular weight excluding hydrogens is 247 g/mol. The zero-order valence-corrected chi connectivity index (χ0v) is 10.2. The fourth-order valence-electron chi connectivity index (χ4n) is 2.10. The second kappa shape index (κ2) is 4.53. The third-order valence-electron chi connectivity index (χ3n) is 2.87. The van der Waals surface area contributed by atoms with Crippen molar-refractivity contribution < 1.29 is 13.2 Å². The first-order valence-electron chi connectivity index (χ1n) is 5.47. The molecule has 1 aliphatic rings. The molecule has 1 aliphatic heterocycles. The standard InChI is InChI=1S/C12H14F3NS/c1-7(16)4-8-6-17-11-3-2-9(5-10(8)11)12(13,14)15/h2-3,5,7-8H,4,6,16H2,1H3. The molecule has 1 aromatic carbocycles. The van der Waals surface area contributed by atoms with Crippen molar-refractivity contribution in [2.75, 3.05) is 5.75 Å². The van der Waals surface area contributed by atoms with Crippen LogP contribution in [0.3, 0.4) is 0 Å². The number of rotatable bonds is 2. The van der Waals surface area contributed by atoms with Crippen LogP contribution >= 0.6 is 11.8 Å². The zero-order chi connectivity index (χ0) is 12.6. The molecule has 5 heteroatoms. The largest absolute Gasteiger partial charge is 0.416 e. The first-order chi connectivity index (χ1) is 7.88. The Labute approximate surface area is 103 Å². The SMILES string of the molecule is CC(N)CC1CSc2ccc(C(F)(F)F)cc21. The predicted octanol–water partition coefficient (Wildman–Crippen LogP) is 3.63. The molecule has 0 aromatic heterocycles. The molecule has 0 radical (unpaired) electrons. The molecule has 1 nitrogen and oxygen atoms in total. The molecule has 0 spiro atoms. The first-order valence-corrected chi connectivity index (χ1v) is 6.46. The van der Waals surface area contributed by atoms with E-state index in [9.17, 15) is 13.2 Å². The van der Waals surface area contributed by atoms with E-state index < -0.39 is 11.7 Å². The summed E-state index contributed by atoms with van der Waals surface area (Å²) in [5, 5.41) is 0. The number of hydrogen-bond acceptors (Lipinski definition) is 2. The zero-order valence-electron chi connectivity index (χ0n) is 9.42. The quantitative estimate of drug-likeness (QED) is 0.879. The Morgan fingerprint density at radius 1 is 1.47 bits per heavy atom. The summed E-state index contributed by atoms with van der Waals surface area (Å²) in [6, 6.07) is 4.02. The minimum Gasteiger partial charge on any atom is -0.328 e. The minimum atomic E-state index is -4.26. The van der Waals surface area contributed by atoms with Gasteiger partial charge in [0.2, 0.25) is 0 Å². The van der Waals surface area contributed by atoms with Gasteiger partial charge in [0.05, 0.1) is 5.56 Å². The smallest absolute Gasteiger partial charge is 0.328 e. The van der Waals surface area contributed by atoms with Crippen LogP contribution in [0.4, 0.5) is 13.2 Å². The van der Waals surface area contributed by atoms with Crippen molar-refractivity contribution in [2.24, 2.45) is 5.73 Å². The average molecular weight is 261 g/mol. The van der Waals surface area contributed by atoms with Crippen LogP contribution in [-0.4, -0.2) is 11.8 Å². The van der Waals surface area contributed by atoms with E-state index in [2.05, 4.69) is 0 Å². The van der Waals surface area contributed by atoms with Gasteiger partial charge in [0.15, 0.2) is 0 Å². The maximum Gasteiger partial charge on any atom is 0.416 e. The molecule has 2 N–H and O–H groups in total. The maximum absolute atomic E-state index is 12.6. The molecule has 17 heavy (non-hydrogen) atoms. The summed E-state index contributed by atoms with van der Waals surface area (Å²) >= 11 is 1.61. The number of nitrogens with two attached hydrogens (primary N) is 1. The average Bonchev–Trinajstić information content (AvgIpc) is 2.59. The van der Waals surface area contributed by atoms with E-state index >= 15 is 0 Å². The van der Waals surface area contributed by atoms with Crippen LogP contribution in [0.15, 0.2) is 23.1 Å². The topological polar surface area (TPSA) is 26.0 Å². The third-order valence-corrected chi connectivity index (χ3v) is 4.13. The number of hydrogen-bond donors (Lipinski definition) is 1. The van der Waals surface area contributed by atoms with Crippen LogP contribution in [0, 0.1) is 0 Å². The van der Waals surface area contributed by atoms with Crippen LogP contribution in [0.1, 0.15) is 30.4 Å². The van der Waals surface area contributed by atoms with Gasteiger partial charge in [0.25, 0.3) is 0 Å². The van der Waals surface area contributed by atoms with Crippen molar-refractivity contribution >= 4 is 11.8 Å². The number of thioether (sulfide) groups is 1. The Balaban J connectivity index is 2.31. The highest BCUT2D eigenvalue weighted by Crippen LogP contribution is 2.44. The summed E-state index contributed by atoms with van der Waals surface area (Å²) in [4.78, 5) is 0.962.